The van der Waals surface area contributed by atoms with Crippen LogP contribution in [0.3, 0.4) is 0 Å². The molecule has 0 aliphatic carbocycles. The fraction of sp³-hybridized carbons (Fsp3) is 0.158. The predicted molar refractivity (Wildman–Crippen MR) is 89.0 cm³/mol. The highest BCUT2D eigenvalue weighted by Gasteiger charge is 2.11. The van der Waals surface area contributed by atoms with Gasteiger partial charge < -0.3 is 4.57 Å². The van der Waals surface area contributed by atoms with E-state index in [2.05, 4.69) is 79.2 Å². The van der Waals surface area contributed by atoms with Crippen molar-refractivity contribution >= 4 is 27.9 Å². The molecule has 3 aromatic rings. The molecule has 100 valence electrons. The molecule has 0 saturated carbocycles. The zero-order chi connectivity index (χ0) is 14.1. The van der Waals surface area contributed by atoms with Gasteiger partial charge in [-0.3, -0.25) is 0 Å². The fourth-order valence-corrected chi connectivity index (χ4v) is 2.86. The van der Waals surface area contributed by atoms with Crippen molar-refractivity contribution in [2.24, 2.45) is 7.05 Å². The summed E-state index contributed by atoms with van der Waals surface area (Å²) in [5.74, 6) is 0. The molecule has 0 unspecified atom stereocenters. The van der Waals surface area contributed by atoms with E-state index in [4.69, 9.17) is 0 Å². The van der Waals surface area contributed by atoms with Crippen molar-refractivity contribution in [3.8, 4) is 0 Å². The van der Waals surface area contributed by atoms with E-state index in [1.165, 1.54) is 32.9 Å². The van der Waals surface area contributed by atoms with Gasteiger partial charge in [-0.1, -0.05) is 48.6 Å². The third kappa shape index (κ3) is 1.87. The quantitative estimate of drug-likeness (QED) is 0.557. The molecule has 1 aromatic heterocycles. The minimum absolute atomic E-state index is 1.29. The topological polar surface area (TPSA) is 4.93 Å². The number of hydrogen-bond donors (Lipinski definition) is 0. The lowest BCUT2D eigenvalue weighted by Gasteiger charge is -2.04. The molecule has 1 heteroatoms. The van der Waals surface area contributed by atoms with Crippen LogP contribution >= 0.6 is 0 Å². The average molecular weight is 261 g/mol. The van der Waals surface area contributed by atoms with Gasteiger partial charge in [-0.15, -0.1) is 0 Å². The summed E-state index contributed by atoms with van der Waals surface area (Å²) < 4.78 is 2.27. The molecule has 1 nitrogen and oxygen atoms in total. The van der Waals surface area contributed by atoms with Crippen molar-refractivity contribution in [2.45, 2.75) is 13.8 Å². The Balaban J connectivity index is 2.44. The second kappa shape index (κ2) is 5.01. The minimum atomic E-state index is 1.29. The summed E-state index contributed by atoms with van der Waals surface area (Å²) in [6, 6.07) is 13.0. The normalized spacial score (nSPS) is 12.3. The van der Waals surface area contributed by atoms with E-state index in [-0.39, 0.29) is 0 Å². The van der Waals surface area contributed by atoms with E-state index in [1.807, 2.05) is 6.92 Å². The number of aromatic nitrogens is 1. The molecule has 1 heterocycles. The number of rotatable bonds is 2. The van der Waals surface area contributed by atoms with Crippen LogP contribution in [0.4, 0.5) is 0 Å². The van der Waals surface area contributed by atoms with Crippen molar-refractivity contribution in [3.63, 3.8) is 0 Å². The van der Waals surface area contributed by atoms with Gasteiger partial charge in [0.1, 0.15) is 0 Å². The predicted octanol–water partition coefficient (Wildman–Crippen LogP) is 5.23. The summed E-state index contributed by atoms with van der Waals surface area (Å²) in [7, 11) is 2.14. The molecule has 0 atom stereocenters. The number of aryl methyl sites for hydroxylation is 2. The monoisotopic (exact) mass is 261 g/mol. The number of nitrogens with zero attached hydrogens (tertiary/aromatic N) is 1. The zero-order valence-electron chi connectivity index (χ0n) is 12.2. The molecule has 0 spiro atoms. The summed E-state index contributed by atoms with van der Waals surface area (Å²) in [6.07, 6.45) is 8.45. The van der Waals surface area contributed by atoms with Crippen LogP contribution in [-0.4, -0.2) is 4.57 Å². The first-order valence-electron chi connectivity index (χ1n) is 7.00. The van der Waals surface area contributed by atoms with Gasteiger partial charge in [0.2, 0.25) is 0 Å². The lowest BCUT2D eigenvalue weighted by molar-refractivity contribution is 1.01. The summed E-state index contributed by atoms with van der Waals surface area (Å²) in [5, 5.41) is 2.68. The highest BCUT2D eigenvalue weighted by molar-refractivity contribution is 6.12. The Morgan fingerprint density at radius 2 is 1.75 bits per heavy atom. The number of hydrogen-bond acceptors (Lipinski definition) is 0. The van der Waals surface area contributed by atoms with Crippen LogP contribution in [-0.2, 0) is 7.05 Å². The number of fused-ring (bicyclic) bond motifs is 3. The fourth-order valence-electron chi connectivity index (χ4n) is 2.86. The van der Waals surface area contributed by atoms with Crippen LogP contribution in [0.5, 0.6) is 0 Å². The highest BCUT2D eigenvalue weighted by atomic mass is 14.9. The molecule has 0 aliphatic heterocycles. The molecule has 0 amide bonds. The summed E-state index contributed by atoms with van der Waals surface area (Å²) in [4.78, 5) is 0. The highest BCUT2D eigenvalue weighted by Crippen LogP contribution is 2.33. The van der Waals surface area contributed by atoms with Crippen LogP contribution in [0.15, 0.2) is 54.6 Å². The third-order valence-electron chi connectivity index (χ3n) is 3.90. The maximum atomic E-state index is 2.27. The van der Waals surface area contributed by atoms with Gasteiger partial charge in [0.25, 0.3) is 0 Å². The van der Waals surface area contributed by atoms with Crippen LogP contribution in [0.1, 0.15) is 18.1 Å². The van der Waals surface area contributed by atoms with Crippen LogP contribution in [0, 0.1) is 6.92 Å². The lowest BCUT2D eigenvalue weighted by Crippen LogP contribution is -1.87. The van der Waals surface area contributed by atoms with Crippen LogP contribution < -0.4 is 0 Å². The van der Waals surface area contributed by atoms with Gasteiger partial charge in [0.15, 0.2) is 0 Å². The summed E-state index contributed by atoms with van der Waals surface area (Å²) in [5.41, 5.74) is 5.21. The van der Waals surface area contributed by atoms with E-state index in [0.29, 0.717) is 0 Å². The molecule has 0 fully saturated rings. The van der Waals surface area contributed by atoms with Crippen molar-refractivity contribution in [1.82, 2.24) is 4.57 Å². The maximum absolute atomic E-state index is 2.27. The van der Waals surface area contributed by atoms with E-state index < -0.39 is 0 Å². The first-order chi connectivity index (χ1) is 9.74. The molecule has 0 N–H and O–H groups in total. The summed E-state index contributed by atoms with van der Waals surface area (Å²) in [6.45, 7) is 4.21. The number of para-hydroxylation sites is 1. The Morgan fingerprint density at radius 1 is 0.950 bits per heavy atom. The summed E-state index contributed by atoms with van der Waals surface area (Å²) >= 11 is 0. The van der Waals surface area contributed by atoms with E-state index >= 15 is 0 Å². The Hall–Kier alpha value is -2.28. The van der Waals surface area contributed by atoms with Gasteiger partial charge in [-0.05, 0) is 37.1 Å². The van der Waals surface area contributed by atoms with Gasteiger partial charge in [-0.2, -0.15) is 0 Å². The van der Waals surface area contributed by atoms with Gasteiger partial charge >= 0.3 is 0 Å². The standard InChI is InChI=1S/C19H19N/c1-4-5-6-9-15-14(2)12-13-18-19(15)16-10-7-8-11-17(16)20(18)3/h4-13H,1-3H3/b5-4-,9-6-. The maximum Gasteiger partial charge on any atom is 0.0495 e. The SMILES string of the molecule is C/C=C\C=C/c1c(C)ccc2c1c1ccccc1n2C. The van der Waals surface area contributed by atoms with Crippen molar-refractivity contribution in [3.05, 3.63) is 65.8 Å². The zero-order valence-corrected chi connectivity index (χ0v) is 12.2. The third-order valence-corrected chi connectivity index (χ3v) is 3.90. The molecule has 3 rings (SSSR count). The van der Waals surface area contributed by atoms with Gasteiger partial charge in [0, 0.05) is 28.9 Å². The molecule has 2 aromatic carbocycles. The van der Waals surface area contributed by atoms with Gasteiger partial charge in [-0.25, -0.2) is 0 Å². The number of benzene rings is 2. The second-order valence-corrected chi connectivity index (χ2v) is 5.15. The van der Waals surface area contributed by atoms with Crippen LogP contribution in [0.25, 0.3) is 27.9 Å². The van der Waals surface area contributed by atoms with Crippen molar-refractivity contribution in [2.75, 3.05) is 0 Å². The van der Waals surface area contributed by atoms with E-state index in [0.717, 1.165) is 0 Å². The first kappa shape index (κ1) is 12.7. The van der Waals surface area contributed by atoms with Gasteiger partial charge in [0.05, 0.1) is 0 Å². The first-order valence-corrected chi connectivity index (χ1v) is 7.00. The Labute approximate surface area is 119 Å². The Bertz CT molecular complexity index is 832. The molecule has 0 aliphatic rings. The second-order valence-electron chi connectivity index (χ2n) is 5.15. The smallest absolute Gasteiger partial charge is 0.0495 e. The molecule has 0 saturated heterocycles. The Morgan fingerprint density at radius 3 is 2.55 bits per heavy atom. The largest absolute Gasteiger partial charge is 0.344 e. The minimum Gasteiger partial charge on any atom is -0.344 e. The molecular weight excluding hydrogens is 242 g/mol. The molecule has 0 bridgehead atoms. The molecule has 20 heavy (non-hydrogen) atoms. The van der Waals surface area contributed by atoms with E-state index in [9.17, 15) is 0 Å². The number of allylic oxidation sites excluding steroid dienone is 3. The average Bonchev–Trinajstić information content (AvgIpc) is 2.75. The van der Waals surface area contributed by atoms with Crippen LogP contribution in [0.2, 0.25) is 0 Å². The molecule has 0 radical (unpaired) electrons. The van der Waals surface area contributed by atoms with Crippen molar-refractivity contribution in [1.29, 1.82) is 0 Å². The van der Waals surface area contributed by atoms with E-state index in [1.54, 1.807) is 0 Å². The molecular formula is C19H19N. The van der Waals surface area contributed by atoms with Crippen molar-refractivity contribution < 1.29 is 0 Å². The lowest BCUT2D eigenvalue weighted by atomic mass is 10.0. The Kier molecular flexibility index (Phi) is 3.19.